The number of nitrogens with one attached hydrogen (secondary N) is 1. The van der Waals surface area contributed by atoms with Crippen molar-refractivity contribution in [3.8, 4) is 17.2 Å². The van der Waals surface area contributed by atoms with E-state index in [0.29, 0.717) is 24.6 Å². The van der Waals surface area contributed by atoms with Crippen LogP contribution in [0.3, 0.4) is 0 Å². The Morgan fingerprint density at radius 2 is 1.87 bits per heavy atom. The molecule has 1 N–H and O–H groups in total. The first-order valence-corrected chi connectivity index (χ1v) is 14.3. The number of hydrogen-bond donors (Lipinski definition) is 1. The third-order valence-electron chi connectivity index (χ3n) is 5.96. The lowest BCUT2D eigenvalue weighted by Gasteiger charge is -2.16. The number of allylic oxidation sites excluding steroid dienone is 2. The third-order valence-corrected chi connectivity index (χ3v) is 7.58. The molecule has 1 aliphatic rings. The van der Waals surface area contributed by atoms with Crippen LogP contribution in [-0.4, -0.2) is 45.5 Å². The lowest BCUT2D eigenvalue weighted by molar-refractivity contribution is -0.655. The third kappa shape index (κ3) is 6.09. The van der Waals surface area contributed by atoms with Crippen LogP contribution in [0.5, 0.6) is 17.2 Å². The number of nitrogens with zero attached hydrogens (tertiary/aromatic N) is 2. The molecule has 0 unspecified atom stereocenters. The Morgan fingerprint density at radius 3 is 2.53 bits per heavy atom. The molecule has 2 heterocycles. The molecule has 1 aromatic heterocycles. The summed E-state index contributed by atoms with van der Waals surface area (Å²) in [5.74, 6) is 1.21. The molecule has 0 fully saturated rings. The van der Waals surface area contributed by atoms with Gasteiger partial charge in [-0.05, 0) is 43.2 Å². The summed E-state index contributed by atoms with van der Waals surface area (Å²) in [6.45, 7) is 4.57. The average Bonchev–Trinajstić information content (AvgIpc) is 3.42. The maximum absolute atomic E-state index is 12.6. The van der Waals surface area contributed by atoms with Crippen molar-refractivity contribution in [2.45, 2.75) is 26.8 Å². The van der Waals surface area contributed by atoms with Crippen molar-refractivity contribution < 1.29 is 36.5 Å². The van der Waals surface area contributed by atoms with E-state index in [1.165, 1.54) is 11.3 Å². The number of rotatable bonds is 10. The number of ether oxygens (including phenoxy) is 3. The Hall–Kier alpha value is -3.61. The zero-order valence-electron chi connectivity index (χ0n) is 21.5. The highest BCUT2D eigenvalue weighted by molar-refractivity contribution is 7.85. The maximum atomic E-state index is 12.6. The van der Waals surface area contributed by atoms with E-state index in [2.05, 4.69) is 10.2 Å². The molecule has 2 aromatic carbocycles. The van der Waals surface area contributed by atoms with E-state index in [9.17, 15) is 17.8 Å². The maximum Gasteiger partial charge on any atom is 0.286 e. The lowest BCUT2D eigenvalue weighted by Crippen LogP contribution is -2.45. The Bertz CT molecular complexity index is 1530. The highest BCUT2D eigenvalue weighted by Gasteiger charge is 2.27. The number of benzene rings is 2. The van der Waals surface area contributed by atoms with E-state index < -0.39 is 21.9 Å². The summed E-state index contributed by atoms with van der Waals surface area (Å²) in [4.78, 5) is 14.6. The van der Waals surface area contributed by atoms with Gasteiger partial charge in [0.1, 0.15) is 32.2 Å². The van der Waals surface area contributed by atoms with Gasteiger partial charge >= 0.3 is 0 Å². The Balaban J connectivity index is 1.73. The molecule has 0 bridgehead atoms. The molecule has 3 aromatic rings. The van der Waals surface area contributed by atoms with Crippen LogP contribution in [0.15, 0.2) is 53.9 Å². The van der Waals surface area contributed by atoms with Crippen LogP contribution in [0, 0.1) is 0 Å². The first-order valence-electron chi connectivity index (χ1n) is 11.9. The molecule has 0 aliphatic carbocycles. The zero-order chi connectivity index (χ0) is 27.4. The predicted octanol–water partition coefficient (Wildman–Crippen LogP) is 3.38. The summed E-state index contributed by atoms with van der Waals surface area (Å²) in [6, 6.07) is 11.2. The van der Waals surface area contributed by atoms with Crippen molar-refractivity contribution in [1.82, 2.24) is 5.32 Å². The molecule has 38 heavy (non-hydrogen) atoms. The molecule has 0 radical (unpaired) electrons. The minimum Gasteiger partial charge on any atom is -0.747 e. The van der Waals surface area contributed by atoms with Crippen molar-refractivity contribution in [3.05, 3.63) is 58.9 Å². The van der Waals surface area contributed by atoms with Crippen LogP contribution < -0.4 is 29.0 Å². The van der Waals surface area contributed by atoms with Crippen LogP contribution in [0.2, 0.25) is 0 Å². The second-order valence-electron chi connectivity index (χ2n) is 8.40. The molecule has 0 saturated heterocycles. The van der Waals surface area contributed by atoms with Crippen molar-refractivity contribution in [2.24, 2.45) is 0 Å². The molecule has 0 saturated carbocycles. The van der Waals surface area contributed by atoms with Gasteiger partial charge in [0.15, 0.2) is 5.75 Å². The second kappa shape index (κ2) is 11.4. The van der Waals surface area contributed by atoms with Gasteiger partial charge in [-0.1, -0.05) is 18.3 Å². The van der Waals surface area contributed by atoms with Crippen molar-refractivity contribution >= 4 is 49.3 Å². The van der Waals surface area contributed by atoms with E-state index in [1.54, 1.807) is 18.8 Å². The lowest BCUT2D eigenvalue weighted by atomic mass is 10.2. The molecular weight excluding hydrogens is 530 g/mol. The summed E-state index contributed by atoms with van der Waals surface area (Å²) in [7, 11) is -1.41. The second-order valence-corrected chi connectivity index (χ2v) is 10.9. The van der Waals surface area contributed by atoms with Crippen LogP contribution in [0.1, 0.15) is 25.3 Å². The van der Waals surface area contributed by atoms with Crippen LogP contribution in [0.4, 0.5) is 5.69 Å². The molecule has 1 amide bonds. The van der Waals surface area contributed by atoms with Gasteiger partial charge in [-0.2, -0.15) is 4.57 Å². The van der Waals surface area contributed by atoms with Gasteiger partial charge in [0, 0.05) is 24.8 Å². The number of anilines is 1. The van der Waals surface area contributed by atoms with Crippen LogP contribution in [-0.2, 0) is 21.5 Å². The fourth-order valence-electron chi connectivity index (χ4n) is 4.05. The van der Waals surface area contributed by atoms with Gasteiger partial charge in [-0.3, -0.25) is 4.79 Å². The minimum atomic E-state index is -4.59. The standard InChI is InChI=1S/C26H29N3O7S2/c1-5-17(11-25-28(6-2)20-13-18(34-3)7-9-22(20)36-25)12-26-29(15-24(30)27-16-38(31,32)33)21-14-19(35-4)8-10-23(21)37-26/h7-14H,5-6,15-16H2,1-4H3,(H-,27,30,31,32,33). The first-order chi connectivity index (χ1) is 18.1. The topological polar surface area (TPSA) is 121 Å². The number of aromatic nitrogens is 1. The normalized spacial score (nSPS) is 14.5. The molecule has 0 spiro atoms. The number of methoxy groups -OCH3 is 2. The molecule has 0 atom stereocenters. The Labute approximate surface area is 225 Å². The quantitative estimate of drug-likeness (QED) is 0.297. The Morgan fingerprint density at radius 1 is 1.16 bits per heavy atom. The fraction of sp³-hybridized carbons (Fsp3) is 0.308. The van der Waals surface area contributed by atoms with Crippen LogP contribution >= 0.6 is 11.3 Å². The first kappa shape index (κ1) is 27.4. The average molecular weight is 560 g/mol. The van der Waals surface area contributed by atoms with Gasteiger partial charge in [-0.15, -0.1) is 0 Å². The number of carbonyl (C=O) groups is 1. The van der Waals surface area contributed by atoms with Crippen molar-refractivity contribution in [2.75, 3.05) is 31.5 Å². The molecule has 1 aliphatic heterocycles. The van der Waals surface area contributed by atoms with Gasteiger partial charge < -0.3 is 29.0 Å². The highest BCUT2D eigenvalue weighted by Crippen LogP contribution is 2.41. The van der Waals surface area contributed by atoms with E-state index in [-0.39, 0.29) is 6.54 Å². The number of hydrogen-bond acceptors (Lipinski definition) is 9. The van der Waals surface area contributed by atoms with E-state index in [0.717, 1.165) is 38.0 Å². The van der Waals surface area contributed by atoms with Gasteiger partial charge in [0.05, 0.1) is 26.0 Å². The zero-order valence-corrected chi connectivity index (χ0v) is 23.1. The molecule has 202 valence electrons. The monoisotopic (exact) mass is 559 g/mol. The Kier molecular flexibility index (Phi) is 8.24. The fourth-order valence-corrected chi connectivity index (χ4v) is 5.51. The number of thiazole rings is 1. The van der Waals surface area contributed by atoms with Gasteiger partial charge in [0.2, 0.25) is 17.9 Å². The summed E-state index contributed by atoms with van der Waals surface area (Å²) >= 11 is 1.48. The molecular formula is C26H29N3O7S2. The number of fused-ring (bicyclic) bond motifs is 2. The van der Waals surface area contributed by atoms with E-state index >= 15 is 0 Å². The minimum absolute atomic E-state index is 0.176. The molecule has 10 nitrogen and oxygen atoms in total. The SMILES string of the molecule is CCC(/C=C1\Oc2ccc(OC)cc2N1CC)=C\c1sc2ccc(OC)cc2[n+]1CC(=O)NCS(=O)(=O)[O-]. The number of amides is 1. The highest BCUT2D eigenvalue weighted by atomic mass is 32.2. The smallest absolute Gasteiger partial charge is 0.286 e. The summed E-state index contributed by atoms with van der Waals surface area (Å²) in [5.41, 5.74) is 2.62. The molecule has 12 heteroatoms. The van der Waals surface area contributed by atoms with Gasteiger partial charge in [-0.25, -0.2) is 8.42 Å². The largest absolute Gasteiger partial charge is 0.747 e. The predicted molar refractivity (Wildman–Crippen MR) is 144 cm³/mol. The van der Waals surface area contributed by atoms with E-state index in [4.69, 9.17) is 14.2 Å². The molecule has 4 rings (SSSR count). The van der Waals surface area contributed by atoms with Crippen molar-refractivity contribution in [3.63, 3.8) is 0 Å². The van der Waals surface area contributed by atoms with Crippen molar-refractivity contribution in [1.29, 1.82) is 0 Å². The van der Waals surface area contributed by atoms with Crippen LogP contribution in [0.25, 0.3) is 16.3 Å². The summed E-state index contributed by atoms with van der Waals surface area (Å²) in [5, 5.41) is 2.95. The summed E-state index contributed by atoms with van der Waals surface area (Å²) in [6.07, 6.45) is 4.63. The number of carbonyl (C=O) groups excluding carboxylic acids is 1. The van der Waals surface area contributed by atoms with E-state index in [1.807, 2.05) is 62.4 Å². The summed E-state index contributed by atoms with van der Waals surface area (Å²) < 4.78 is 52.5. The van der Waals surface area contributed by atoms with Gasteiger partial charge in [0.25, 0.3) is 10.9 Å².